The third-order valence-corrected chi connectivity index (χ3v) is 10.5. The highest BCUT2D eigenvalue weighted by molar-refractivity contribution is 7.58. The first-order valence-corrected chi connectivity index (χ1v) is 16.9. The lowest BCUT2D eigenvalue weighted by Crippen LogP contribution is -2.18. The zero-order valence-electron chi connectivity index (χ0n) is 23.3. The Balaban J connectivity index is 2.01. The van der Waals surface area contributed by atoms with Crippen molar-refractivity contribution in [2.45, 2.75) is 40.0 Å². The number of aromatic hydroxyl groups is 2. The Morgan fingerprint density at radius 3 is 1.23 bits per heavy atom. The molecule has 0 aliphatic rings. The minimum atomic E-state index is -3.56. The molecule has 0 bridgehead atoms. The van der Waals surface area contributed by atoms with Crippen LogP contribution in [0.5, 0.6) is 11.5 Å². The predicted octanol–water partition coefficient (Wildman–Crippen LogP) is 6.46. The van der Waals surface area contributed by atoms with E-state index in [9.17, 15) is 20.0 Å². The van der Waals surface area contributed by atoms with Crippen molar-refractivity contribution in [1.29, 1.82) is 0 Å². The van der Waals surface area contributed by atoms with Gasteiger partial charge in [-0.25, -0.2) is 18.1 Å². The lowest BCUT2D eigenvalue weighted by atomic mass is 9.89. The van der Waals surface area contributed by atoms with Crippen molar-refractivity contribution in [2.24, 2.45) is 0 Å². The lowest BCUT2D eigenvalue weighted by Gasteiger charge is -2.28. The van der Waals surface area contributed by atoms with Crippen LogP contribution in [0.2, 0.25) is 0 Å². The number of hydrogen-bond donors (Lipinski definition) is 2. The highest BCUT2D eigenvalue weighted by atomic mass is 31.2. The van der Waals surface area contributed by atoms with Gasteiger partial charge in [-0.15, -0.1) is 0 Å². The maximum Gasteiger partial charge on any atom is 0.242 e. The molecule has 0 aliphatic carbocycles. The van der Waals surface area contributed by atoms with Gasteiger partial charge in [0, 0.05) is 22.3 Å². The number of rotatable bonds is 13. The van der Waals surface area contributed by atoms with Crippen LogP contribution < -0.4 is 9.79 Å². The van der Waals surface area contributed by atoms with E-state index in [0.29, 0.717) is 33.0 Å². The van der Waals surface area contributed by atoms with E-state index < -0.39 is 15.9 Å². The lowest BCUT2D eigenvalue weighted by molar-refractivity contribution is -0.220. The highest BCUT2D eigenvalue weighted by Gasteiger charge is 2.35. The molecule has 0 radical (unpaired) electrons. The van der Waals surface area contributed by atoms with Gasteiger partial charge in [0.2, 0.25) is 15.9 Å². The smallest absolute Gasteiger partial charge is 0.242 e. The van der Waals surface area contributed by atoms with Crippen LogP contribution in [-0.4, -0.2) is 36.6 Å². The van der Waals surface area contributed by atoms with Crippen LogP contribution in [0, 0.1) is 0 Å². The molecule has 10 heteroatoms. The van der Waals surface area contributed by atoms with E-state index in [1.165, 1.54) is 0 Å². The second-order valence-corrected chi connectivity index (χ2v) is 13.3. The standard InChI is InChI=1S/C30H36O8P2/c1-5-35-39(33,36-6-2)19-23-17-21-13-9-11-15-25(21)27(29(23)31)28-26-16-12-10-14-22(26)18-24(30(28)32)20-40(34,37-7-3)38-8-4/h9-18,31-32H,5-8,19-20H2,1-4H3. The second-order valence-electron chi connectivity index (χ2n) is 9.17. The van der Waals surface area contributed by atoms with Crippen LogP contribution in [0.4, 0.5) is 0 Å². The largest absolute Gasteiger partial charge is 0.631 e. The molecule has 40 heavy (non-hydrogen) atoms. The molecular formula is C30H36O8P2. The molecule has 0 aromatic heterocycles. The van der Waals surface area contributed by atoms with Gasteiger partial charge in [-0.3, -0.25) is 0 Å². The van der Waals surface area contributed by atoms with Gasteiger partial charge in [-0.05, 0) is 61.4 Å². The van der Waals surface area contributed by atoms with E-state index in [2.05, 4.69) is 0 Å². The molecule has 0 atom stereocenters. The van der Waals surface area contributed by atoms with Gasteiger partial charge >= 0.3 is 0 Å². The Morgan fingerprint density at radius 2 is 0.900 bits per heavy atom. The third-order valence-electron chi connectivity index (χ3n) is 6.48. The number of benzene rings is 4. The van der Waals surface area contributed by atoms with E-state index in [1.807, 2.05) is 48.5 Å². The van der Waals surface area contributed by atoms with Gasteiger partial charge in [0.15, 0.2) is 0 Å². The average molecular weight is 587 g/mol. The first-order chi connectivity index (χ1) is 19.2. The number of phenols is 2. The molecule has 214 valence electrons. The summed E-state index contributed by atoms with van der Waals surface area (Å²) in [7, 11) is -7.13. The van der Waals surface area contributed by atoms with Crippen LogP contribution in [-0.2, 0) is 30.4 Å². The summed E-state index contributed by atoms with van der Waals surface area (Å²) in [6, 6.07) is 18.4. The average Bonchev–Trinajstić information content (AvgIpc) is 2.91. The fourth-order valence-corrected chi connectivity index (χ4v) is 8.40. The van der Waals surface area contributed by atoms with Crippen molar-refractivity contribution < 1.29 is 38.1 Å². The zero-order valence-corrected chi connectivity index (χ0v) is 25.0. The van der Waals surface area contributed by atoms with E-state index in [0.717, 1.165) is 10.8 Å². The SMILES string of the molecule is CCO[P+]([O-])(Cc1cc2ccccc2c(-c2c(O)c(C[P+]([O-])(OCC)OCC)cc3ccccc23)c1O)OCC. The quantitative estimate of drug-likeness (QED) is 0.171. The summed E-state index contributed by atoms with van der Waals surface area (Å²) < 4.78 is 22.1. The summed E-state index contributed by atoms with van der Waals surface area (Å²) in [5, 5.41) is 26.4. The van der Waals surface area contributed by atoms with Gasteiger partial charge < -0.3 is 20.0 Å². The Kier molecular flexibility index (Phi) is 9.99. The summed E-state index contributed by atoms with van der Waals surface area (Å²) in [6.45, 7) is 7.67. The van der Waals surface area contributed by atoms with Crippen molar-refractivity contribution in [3.05, 3.63) is 71.8 Å². The van der Waals surface area contributed by atoms with Crippen molar-refractivity contribution in [3.8, 4) is 22.6 Å². The molecule has 0 unspecified atom stereocenters. The van der Waals surface area contributed by atoms with Crippen LogP contribution in [0.1, 0.15) is 38.8 Å². The first kappa shape index (κ1) is 30.6. The van der Waals surface area contributed by atoms with Gasteiger partial charge in [0.05, 0.1) is 26.4 Å². The van der Waals surface area contributed by atoms with Crippen molar-refractivity contribution >= 4 is 37.4 Å². The van der Waals surface area contributed by atoms with Crippen LogP contribution in [0.25, 0.3) is 32.7 Å². The van der Waals surface area contributed by atoms with Gasteiger partial charge in [-0.1, -0.05) is 48.5 Å². The molecule has 0 spiro atoms. The Hall–Kier alpha value is -2.38. The highest BCUT2D eigenvalue weighted by Crippen LogP contribution is 2.60. The molecule has 0 fully saturated rings. The molecule has 4 aromatic carbocycles. The van der Waals surface area contributed by atoms with Gasteiger partial charge in [0.25, 0.3) is 0 Å². The van der Waals surface area contributed by atoms with Crippen LogP contribution >= 0.6 is 15.9 Å². The molecule has 2 N–H and O–H groups in total. The molecule has 4 rings (SSSR count). The van der Waals surface area contributed by atoms with Gasteiger partial charge in [0.1, 0.15) is 23.8 Å². The fourth-order valence-electron chi connectivity index (χ4n) is 5.00. The Bertz CT molecular complexity index is 1350. The van der Waals surface area contributed by atoms with Crippen LogP contribution in [0.15, 0.2) is 60.7 Å². The molecule has 0 heterocycles. The zero-order chi connectivity index (χ0) is 28.9. The van der Waals surface area contributed by atoms with Gasteiger partial charge in [-0.2, -0.15) is 0 Å². The molecule has 8 nitrogen and oxygen atoms in total. The number of phenolic OH excluding ortho intramolecular Hbond substituents is 2. The second kappa shape index (κ2) is 13.1. The summed E-state index contributed by atoms with van der Waals surface area (Å²) in [5.41, 5.74) is 1.46. The molecule has 0 aliphatic heterocycles. The van der Waals surface area contributed by atoms with Crippen LogP contribution in [0.3, 0.4) is 0 Å². The first-order valence-electron chi connectivity index (χ1n) is 13.4. The van der Waals surface area contributed by atoms with E-state index >= 15 is 0 Å². The van der Waals surface area contributed by atoms with E-state index in [1.54, 1.807) is 39.8 Å². The molecule has 0 saturated carbocycles. The Labute approximate surface area is 236 Å². The molecule has 0 amide bonds. The normalized spacial score (nSPS) is 12.4. The third kappa shape index (κ3) is 6.41. The summed E-state index contributed by atoms with van der Waals surface area (Å²) in [6.07, 6.45) is -0.304. The molecular weight excluding hydrogens is 550 g/mol. The summed E-state index contributed by atoms with van der Waals surface area (Å²) >= 11 is 0. The molecule has 4 aromatic rings. The topological polar surface area (TPSA) is 124 Å². The van der Waals surface area contributed by atoms with E-state index in [-0.39, 0.29) is 50.3 Å². The summed E-state index contributed by atoms with van der Waals surface area (Å²) in [5.74, 6) is -0.289. The maximum absolute atomic E-state index is 13.5. The maximum atomic E-state index is 13.5. The monoisotopic (exact) mass is 586 g/mol. The minimum Gasteiger partial charge on any atom is -0.631 e. The van der Waals surface area contributed by atoms with Crippen molar-refractivity contribution in [3.63, 3.8) is 0 Å². The minimum absolute atomic E-state index is 0.145. The fraction of sp³-hybridized carbons (Fsp3) is 0.333. The predicted molar refractivity (Wildman–Crippen MR) is 158 cm³/mol. The Morgan fingerprint density at radius 1 is 0.575 bits per heavy atom. The number of hydrogen-bond acceptors (Lipinski definition) is 8. The molecule has 0 saturated heterocycles. The number of fused-ring (bicyclic) bond motifs is 2. The van der Waals surface area contributed by atoms with Crippen molar-refractivity contribution in [2.75, 3.05) is 26.4 Å². The summed E-state index contributed by atoms with van der Waals surface area (Å²) in [4.78, 5) is 26.9. The van der Waals surface area contributed by atoms with E-state index in [4.69, 9.17) is 18.1 Å². The van der Waals surface area contributed by atoms with Crippen molar-refractivity contribution in [1.82, 2.24) is 0 Å².